The third kappa shape index (κ3) is 3.41. The molecule has 0 atom stereocenters. The standard InChI is InChI=1S/C17H16N4O2S/c1-3-14(22)20-17(24)19-12-7-6-11(9-10(12)2)16-21-15-13(23-16)5-4-8-18-15/h4-9H,3H2,1-2H3,(H2,19,20,22,24). The first-order valence-electron chi connectivity index (χ1n) is 7.50. The normalized spacial score (nSPS) is 10.6. The van der Waals surface area contributed by atoms with Gasteiger partial charge in [0.1, 0.15) is 0 Å². The number of aromatic nitrogens is 2. The highest BCUT2D eigenvalue weighted by Crippen LogP contribution is 2.26. The first-order chi connectivity index (χ1) is 11.6. The zero-order valence-corrected chi connectivity index (χ0v) is 14.1. The molecule has 2 aromatic heterocycles. The second-order valence-electron chi connectivity index (χ2n) is 5.23. The zero-order valence-electron chi connectivity index (χ0n) is 13.3. The summed E-state index contributed by atoms with van der Waals surface area (Å²) < 4.78 is 5.72. The van der Waals surface area contributed by atoms with E-state index in [0.29, 0.717) is 23.5 Å². The van der Waals surface area contributed by atoms with Crippen molar-refractivity contribution in [1.82, 2.24) is 15.3 Å². The SMILES string of the molecule is CCC(=O)NC(=S)Nc1ccc(-c2nc3ncccc3o2)cc1C. The highest BCUT2D eigenvalue weighted by molar-refractivity contribution is 7.80. The summed E-state index contributed by atoms with van der Waals surface area (Å²) in [5.41, 5.74) is 3.84. The van der Waals surface area contributed by atoms with Gasteiger partial charge in [-0.25, -0.2) is 4.98 Å². The van der Waals surface area contributed by atoms with Crippen molar-refractivity contribution in [2.75, 3.05) is 5.32 Å². The number of hydrogen-bond acceptors (Lipinski definition) is 5. The van der Waals surface area contributed by atoms with E-state index in [1.165, 1.54) is 0 Å². The number of carbonyl (C=O) groups is 1. The van der Waals surface area contributed by atoms with E-state index in [0.717, 1.165) is 16.8 Å². The lowest BCUT2D eigenvalue weighted by molar-refractivity contribution is -0.119. The molecular weight excluding hydrogens is 324 g/mol. The predicted octanol–water partition coefficient (Wildman–Crippen LogP) is 3.42. The van der Waals surface area contributed by atoms with Gasteiger partial charge in [-0.1, -0.05) is 6.92 Å². The fraction of sp³-hybridized carbons (Fsp3) is 0.176. The van der Waals surface area contributed by atoms with Crippen LogP contribution in [0.1, 0.15) is 18.9 Å². The van der Waals surface area contributed by atoms with Gasteiger partial charge >= 0.3 is 0 Å². The van der Waals surface area contributed by atoms with Gasteiger partial charge in [-0.2, -0.15) is 4.98 Å². The third-order valence-corrected chi connectivity index (χ3v) is 3.66. The lowest BCUT2D eigenvalue weighted by atomic mass is 10.1. The Morgan fingerprint density at radius 2 is 2.17 bits per heavy atom. The number of benzene rings is 1. The second-order valence-corrected chi connectivity index (χ2v) is 5.64. The van der Waals surface area contributed by atoms with E-state index < -0.39 is 0 Å². The Morgan fingerprint density at radius 1 is 1.33 bits per heavy atom. The van der Waals surface area contributed by atoms with Crippen LogP contribution in [-0.4, -0.2) is 21.0 Å². The molecule has 1 aromatic carbocycles. The first-order valence-corrected chi connectivity index (χ1v) is 7.91. The van der Waals surface area contributed by atoms with Crippen molar-refractivity contribution in [3.8, 4) is 11.5 Å². The minimum atomic E-state index is -0.124. The average molecular weight is 340 g/mol. The van der Waals surface area contributed by atoms with Crippen LogP contribution in [0.2, 0.25) is 0 Å². The smallest absolute Gasteiger partial charge is 0.228 e. The summed E-state index contributed by atoms with van der Waals surface area (Å²) in [4.78, 5) is 19.9. The maximum Gasteiger partial charge on any atom is 0.228 e. The summed E-state index contributed by atoms with van der Waals surface area (Å²) in [6, 6.07) is 9.33. The molecule has 0 saturated carbocycles. The molecule has 0 radical (unpaired) electrons. The fourth-order valence-corrected chi connectivity index (χ4v) is 2.42. The van der Waals surface area contributed by atoms with Gasteiger partial charge in [0.05, 0.1) is 0 Å². The zero-order chi connectivity index (χ0) is 17.1. The highest BCUT2D eigenvalue weighted by Gasteiger charge is 2.11. The van der Waals surface area contributed by atoms with Gasteiger partial charge in [0.2, 0.25) is 11.8 Å². The van der Waals surface area contributed by atoms with E-state index in [1.54, 1.807) is 19.2 Å². The first kappa shape index (κ1) is 16.1. The number of nitrogens with one attached hydrogen (secondary N) is 2. The molecule has 7 heteroatoms. The summed E-state index contributed by atoms with van der Waals surface area (Å²) in [6.07, 6.45) is 2.06. The topological polar surface area (TPSA) is 80.0 Å². The van der Waals surface area contributed by atoms with E-state index in [-0.39, 0.29) is 11.0 Å². The summed E-state index contributed by atoms with van der Waals surface area (Å²) in [5, 5.41) is 5.91. The minimum absolute atomic E-state index is 0.124. The number of nitrogens with zero attached hydrogens (tertiary/aromatic N) is 2. The van der Waals surface area contributed by atoms with Crippen molar-refractivity contribution in [2.24, 2.45) is 0 Å². The highest BCUT2D eigenvalue weighted by atomic mass is 32.1. The van der Waals surface area contributed by atoms with Gasteiger partial charge in [-0.3, -0.25) is 4.79 Å². The van der Waals surface area contributed by atoms with Crippen molar-refractivity contribution < 1.29 is 9.21 Å². The molecule has 24 heavy (non-hydrogen) atoms. The minimum Gasteiger partial charge on any atom is -0.434 e. The van der Waals surface area contributed by atoms with E-state index in [1.807, 2.05) is 31.2 Å². The number of carbonyl (C=O) groups excluding carboxylic acids is 1. The van der Waals surface area contributed by atoms with Crippen LogP contribution in [-0.2, 0) is 4.79 Å². The molecule has 0 unspecified atom stereocenters. The Balaban J connectivity index is 1.81. The number of rotatable bonds is 3. The number of amides is 1. The average Bonchev–Trinajstić information content (AvgIpc) is 3.00. The number of hydrogen-bond donors (Lipinski definition) is 2. The maximum absolute atomic E-state index is 11.4. The number of thiocarbonyl (C=S) groups is 1. The molecule has 0 fully saturated rings. The second kappa shape index (κ2) is 6.76. The summed E-state index contributed by atoms with van der Waals surface area (Å²) >= 11 is 5.13. The van der Waals surface area contributed by atoms with Gasteiger partial charge < -0.3 is 15.1 Å². The molecule has 3 aromatic rings. The summed E-state index contributed by atoms with van der Waals surface area (Å²) in [5.74, 6) is 0.390. The van der Waals surface area contributed by atoms with Crippen molar-refractivity contribution in [3.05, 3.63) is 42.1 Å². The van der Waals surface area contributed by atoms with E-state index in [4.69, 9.17) is 16.6 Å². The third-order valence-electron chi connectivity index (χ3n) is 3.46. The summed E-state index contributed by atoms with van der Waals surface area (Å²) in [7, 11) is 0. The van der Waals surface area contributed by atoms with E-state index in [9.17, 15) is 4.79 Å². The van der Waals surface area contributed by atoms with Crippen LogP contribution in [0.3, 0.4) is 0 Å². The van der Waals surface area contributed by atoms with Crippen molar-refractivity contribution in [1.29, 1.82) is 0 Å². The lowest BCUT2D eigenvalue weighted by Crippen LogP contribution is -2.33. The molecule has 0 bridgehead atoms. The summed E-state index contributed by atoms with van der Waals surface area (Å²) in [6.45, 7) is 3.71. The fourth-order valence-electron chi connectivity index (χ4n) is 2.20. The molecule has 3 rings (SSSR count). The van der Waals surface area contributed by atoms with Crippen LogP contribution < -0.4 is 10.6 Å². The van der Waals surface area contributed by atoms with Crippen molar-refractivity contribution in [2.45, 2.75) is 20.3 Å². The molecule has 0 aliphatic heterocycles. The maximum atomic E-state index is 11.4. The Hall–Kier alpha value is -2.80. The number of pyridine rings is 1. The van der Waals surface area contributed by atoms with Crippen LogP contribution in [0.4, 0.5) is 5.69 Å². The van der Waals surface area contributed by atoms with E-state index >= 15 is 0 Å². The largest absolute Gasteiger partial charge is 0.434 e. The molecule has 0 aliphatic rings. The molecule has 0 aliphatic carbocycles. The Labute approximate surface area is 144 Å². The molecule has 0 spiro atoms. The molecule has 2 heterocycles. The Bertz CT molecular complexity index is 887. The number of oxazole rings is 1. The molecule has 122 valence electrons. The Kier molecular flexibility index (Phi) is 4.52. The van der Waals surface area contributed by atoms with Gasteiger partial charge in [0.25, 0.3) is 0 Å². The van der Waals surface area contributed by atoms with Gasteiger partial charge in [-0.15, -0.1) is 0 Å². The molecule has 6 nitrogen and oxygen atoms in total. The van der Waals surface area contributed by atoms with Crippen LogP contribution in [0.5, 0.6) is 0 Å². The number of anilines is 1. The van der Waals surface area contributed by atoms with Crippen LogP contribution in [0.25, 0.3) is 22.7 Å². The monoisotopic (exact) mass is 340 g/mol. The Morgan fingerprint density at radius 3 is 2.88 bits per heavy atom. The van der Waals surface area contributed by atoms with Crippen LogP contribution in [0.15, 0.2) is 40.9 Å². The van der Waals surface area contributed by atoms with Gasteiger partial charge in [-0.05, 0) is 55.0 Å². The molecule has 0 saturated heterocycles. The number of aryl methyl sites for hydroxylation is 1. The van der Waals surface area contributed by atoms with Crippen molar-refractivity contribution in [3.63, 3.8) is 0 Å². The quantitative estimate of drug-likeness (QED) is 0.711. The number of fused-ring (bicyclic) bond motifs is 1. The van der Waals surface area contributed by atoms with E-state index in [2.05, 4.69) is 20.6 Å². The molecular formula is C17H16N4O2S. The molecule has 1 amide bonds. The van der Waals surface area contributed by atoms with Crippen molar-refractivity contribution >= 4 is 40.2 Å². The van der Waals surface area contributed by atoms with Gasteiger partial charge in [0.15, 0.2) is 16.3 Å². The van der Waals surface area contributed by atoms with Crippen LogP contribution >= 0.6 is 12.2 Å². The van der Waals surface area contributed by atoms with Gasteiger partial charge in [0, 0.05) is 23.9 Å². The predicted molar refractivity (Wildman–Crippen MR) is 96.6 cm³/mol. The lowest BCUT2D eigenvalue weighted by Gasteiger charge is -2.11. The molecule has 2 N–H and O–H groups in total. The van der Waals surface area contributed by atoms with Crippen LogP contribution in [0, 0.1) is 6.92 Å².